The first kappa shape index (κ1) is 16.1. The van der Waals surface area contributed by atoms with Gasteiger partial charge >= 0.3 is 0 Å². The van der Waals surface area contributed by atoms with Crippen LogP contribution in [-0.4, -0.2) is 12.5 Å². The normalized spacial score (nSPS) is 10.5. The second-order valence-electron chi connectivity index (χ2n) is 5.74. The molecule has 0 aliphatic heterocycles. The Hall–Kier alpha value is -2.29. The number of hydrogen-bond donors (Lipinski definition) is 1. The Balaban J connectivity index is 1.78. The number of carbonyl (C=O) groups excluding carboxylic acids is 1. The van der Waals surface area contributed by atoms with Crippen LogP contribution in [0.5, 0.6) is 5.75 Å². The van der Waals surface area contributed by atoms with Gasteiger partial charge < -0.3 is 10.1 Å². The maximum absolute atomic E-state index is 11.9. The third kappa shape index (κ3) is 4.92. The van der Waals surface area contributed by atoms with Gasteiger partial charge in [0.25, 0.3) is 0 Å². The summed E-state index contributed by atoms with van der Waals surface area (Å²) >= 11 is 0. The first-order chi connectivity index (χ1) is 10.5. The maximum Gasteiger partial charge on any atom is 0.227 e. The first-order valence-corrected chi connectivity index (χ1v) is 7.64. The van der Waals surface area contributed by atoms with Gasteiger partial charge in [0.05, 0.1) is 13.0 Å². The summed E-state index contributed by atoms with van der Waals surface area (Å²) in [7, 11) is 0. The number of nitrogens with one attached hydrogen (secondary N) is 1. The van der Waals surface area contributed by atoms with Crippen LogP contribution >= 0.6 is 0 Å². The van der Waals surface area contributed by atoms with Crippen LogP contribution in [0.1, 0.15) is 37.3 Å². The predicted molar refractivity (Wildman–Crippen MR) is 90.5 cm³/mol. The highest BCUT2D eigenvalue weighted by atomic mass is 16.5. The summed E-state index contributed by atoms with van der Waals surface area (Å²) < 4.78 is 5.58. The molecule has 0 aliphatic rings. The van der Waals surface area contributed by atoms with Gasteiger partial charge in [-0.05, 0) is 48.2 Å². The van der Waals surface area contributed by atoms with Crippen LogP contribution in [0.4, 0.5) is 5.69 Å². The molecule has 2 aromatic carbocycles. The van der Waals surface area contributed by atoms with Crippen LogP contribution in [0, 0.1) is 6.92 Å². The van der Waals surface area contributed by atoms with Crippen molar-refractivity contribution in [3.05, 3.63) is 59.7 Å². The molecule has 0 aromatic heterocycles. The zero-order chi connectivity index (χ0) is 15.9. The molecule has 0 saturated carbocycles. The van der Waals surface area contributed by atoms with Crippen molar-refractivity contribution >= 4 is 11.6 Å². The molecule has 0 atom stereocenters. The highest BCUT2D eigenvalue weighted by Gasteiger charge is 2.04. The van der Waals surface area contributed by atoms with E-state index in [9.17, 15) is 4.79 Å². The Morgan fingerprint density at radius 2 is 1.86 bits per heavy atom. The lowest BCUT2D eigenvalue weighted by molar-refractivity contribution is -0.116. The summed E-state index contributed by atoms with van der Waals surface area (Å²) in [4.78, 5) is 11.9. The summed E-state index contributed by atoms with van der Waals surface area (Å²) in [5, 5.41) is 2.89. The lowest BCUT2D eigenvalue weighted by Crippen LogP contribution is -2.15. The highest BCUT2D eigenvalue weighted by Crippen LogP contribution is 2.17. The molecule has 0 spiro atoms. The van der Waals surface area contributed by atoms with Crippen LogP contribution in [0.15, 0.2) is 48.5 Å². The van der Waals surface area contributed by atoms with Gasteiger partial charge in [-0.3, -0.25) is 4.79 Å². The lowest BCUT2D eigenvalue weighted by Gasteiger charge is -2.09. The van der Waals surface area contributed by atoms with Gasteiger partial charge in [0.1, 0.15) is 5.75 Å². The quantitative estimate of drug-likeness (QED) is 0.851. The lowest BCUT2D eigenvalue weighted by atomic mass is 10.0. The van der Waals surface area contributed by atoms with E-state index in [-0.39, 0.29) is 5.91 Å². The van der Waals surface area contributed by atoms with E-state index in [4.69, 9.17) is 4.74 Å². The molecule has 0 heterocycles. The van der Waals surface area contributed by atoms with Gasteiger partial charge in [-0.25, -0.2) is 0 Å². The van der Waals surface area contributed by atoms with E-state index < -0.39 is 0 Å². The molecule has 3 heteroatoms. The summed E-state index contributed by atoms with van der Waals surface area (Å²) in [5.41, 5.74) is 3.23. The Labute approximate surface area is 132 Å². The number of hydrogen-bond acceptors (Lipinski definition) is 2. The topological polar surface area (TPSA) is 38.3 Å². The van der Waals surface area contributed by atoms with Crippen LogP contribution in [0.25, 0.3) is 0 Å². The molecule has 0 fully saturated rings. The average molecular weight is 297 g/mol. The fraction of sp³-hybridized carbons (Fsp3) is 0.316. The average Bonchev–Trinajstić information content (AvgIpc) is 2.48. The first-order valence-electron chi connectivity index (χ1n) is 7.64. The monoisotopic (exact) mass is 297 g/mol. The van der Waals surface area contributed by atoms with E-state index in [2.05, 4.69) is 19.2 Å². The molecule has 0 saturated heterocycles. The molecular weight excluding hydrogens is 274 g/mol. The zero-order valence-electron chi connectivity index (χ0n) is 13.4. The highest BCUT2D eigenvalue weighted by molar-refractivity contribution is 5.90. The molecule has 0 unspecified atom stereocenters. The molecule has 3 nitrogen and oxygen atoms in total. The number of rotatable bonds is 6. The Morgan fingerprint density at radius 1 is 1.14 bits per heavy atom. The van der Waals surface area contributed by atoms with Gasteiger partial charge in [-0.15, -0.1) is 0 Å². The van der Waals surface area contributed by atoms with Gasteiger partial charge in [0.15, 0.2) is 0 Å². The molecule has 2 aromatic rings. The van der Waals surface area contributed by atoms with Gasteiger partial charge in [0.2, 0.25) is 5.91 Å². The number of aryl methyl sites for hydroxylation is 1. The summed E-state index contributed by atoms with van der Waals surface area (Å²) in [6, 6.07) is 15.8. The van der Waals surface area contributed by atoms with E-state index >= 15 is 0 Å². The van der Waals surface area contributed by atoms with Crippen molar-refractivity contribution in [3.8, 4) is 5.75 Å². The molecule has 2 rings (SSSR count). The van der Waals surface area contributed by atoms with Crippen molar-refractivity contribution in [3.63, 3.8) is 0 Å². The van der Waals surface area contributed by atoms with E-state index in [1.807, 2.05) is 55.5 Å². The third-order valence-electron chi connectivity index (χ3n) is 3.45. The van der Waals surface area contributed by atoms with Crippen molar-refractivity contribution in [1.82, 2.24) is 0 Å². The third-order valence-corrected chi connectivity index (χ3v) is 3.45. The molecule has 0 aliphatic carbocycles. The number of benzene rings is 2. The van der Waals surface area contributed by atoms with Crippen molar-refractivity contribution in [2.45, 2.75) is 33.1 Å². The van der Waals surface area contributed by atoms with E-state index in [0.29, 0.717) is 18.9 Å². The largest absolute Gasteiger partial charge is 0.493 e. The standard InChI is InChI=1S/C19H23NO2/c1-14(2)16-7-9-17(10-8-16)20-19(21)11-12-22-18-6-4-5-15(3)13-18/h4-10,13-14H,11-12H2,1-3H3,(H,20,21). The van der Waals surface area contributed by atoms with Crippen LogP contribution in [0.2, 0.25) is 0 Å². The zero-order valence-corrected chi connectivity index (χ0v) is 13.4. The maximum atomic E-state index is 11.9. The van der Waals surface area contributed by atoms with Gasteiger partial charge in [-0.1, -0.05) is 38.1 Å². The Kier molecular flexibility index (Phi) is 5.59. The van der Waals surface area contributed by atoms with E-state index in [0.717, 1.165) is 17.0 Å². The smallest absolute Gasteiger partial charge is 0.227 e. The second-order valence-corrected chi connectivity index (χ2v) is 5.74. The molecule has 1 N–H and O–H groups in total. The Morgan fingerprint density at radius 3 is 2.50 bits per heavy atom. The van der Waals surface area contributed by atoms with Crippen molar-refractivity contribution in [1.29, 1.82) is 0 Å². The fourth-order valence-corrected chi connectivity index (χ4v) is 2.14. The molecule has 116 valence electrons. The molecule has 22 heavy (non-hydrogen) atoms. The predicted octanol–water partition coefficient (Wildman–Crippen LogP) is 4.53. The van der Waals surface area contributed by atoms with Crippen molar-refractivity contribution < 1.29 is 9.53 Å². The number of anilines is 1. The van der Waals surface area contributed by atoms with E-state index in [1.165, 1.54) is 5.56 Å². The molecule has 0 radical (unpaired) electrons. The Bertz CT molecular complexity index is 618. The fourth-order valence-electron chi connectivity index (χ4n) is 2.14. The summed E-state index contributed by atoms with van der Waals surface area (Å²) in [6.07, 6.45) is 0.333. The molecule has 1 amide bonds. The van der Waals surface area contributed by atoms with Crippen LogP contribution in [0.3, 0.4) is 0 Å². The number of carbonyl (C=O) groups is 1. The molecular formula is C19H23NO2. The van der Waals surface area contributed by atoms with Crippen molar-refractivity contribution in [2.24, 2.45) is 0 Å². The van der Waals surface area contributed by atoms with E-state index in [1.54, 1.807) is 0 Å². The van der Waals surface area contributed by atoms with Gasteiger partial charge in [0, 0.05) is 5.69 Å². The van der Waals surface area contributed by atoms with Crippen molar-refractivity contribution in [2.75, 3.05) is 11.9 Å². The van der Waals surface area contributed by atoms with Gasteiger partial charge in [-0.2, -0.15) is 0 Å². The summed E-state index contributed by atoms with van der Waals surface area (Å²) in [5.74, 6) is 1.26. The van der Waals surface area contributed by atoms with Crippen LogP contribution in [-0.2, 0) is 4.79 Å². The SMILES string of the molecule is Cc1cccc(OCCC(=O)Nc2ccc(C(C)C)cc2)c1. The minimum absolute atomic E-state index is 0.0371. The summed E-state index contributed by atoms with van der Waals surface area (Å²) in [6.45, 7) is 6.69. The number of ether oxygens (including phenoxy) is 1. The second kappa shape index (κ2) is 7.64. The number of amides is 1. The molecule has 0 bridgehead atoms. The minimum atomic E-state index is -0.0371. The minimum Gasteiger partial charge on any atom is -0.493 e. The van der Waals surface area contributed by atoms with Crippen LogP contribution < -0.4 is 10.1 Å².